The van der Waals surface area contributed by atoms with E-state index in [0.717, 1.165) is 19.4 Å². The minimum atomic E-state index is -0.403. The molecule has 0 bridgehead atoms. The Bertz CT molecular complexity index is 416. The molecule has 1 atom stereocenters. The predicted octanol–water partition coefficient (Wildman–Crippen LogP) is 1.89. The largest absolute Gasteiger partial charge is 0.376 e. The Morgan fingerprint density at radius 1 is 1.71 bits per heavy atom. The van der Waals surface area contributed by atoms with E-state index in [2.05, 4.69) is 10.3 Å². The molecule has 6 nitrogen and oxygen atoms in total. The van der Waals surface area contributed by atoms with Crippen LogP contribution in [0, 0.1) is 17.0 Å². The van der Waals surface area contributed by atoms with E-state index >= 15 is 0 Å². The van der Waals surface area contributed by atoms with Crippen molar-refractivity contribution in [2.24, 2.45) is 0 Å². The summed E-state index contributed by atoms with van der Waals surface area (Å²) >= 11 is 0. The molecule has 0 amide bonds. The van der Waals surface area contributed by atoms with Gasteiger partial charge < -0.3 is 10.1 Å². The summed E-state index contributed by atoms with van der Waals surface area (Å²) in [5.41, 5.74) is 0.658. The third-order valence-electron chi connectivity index (χ3n) is 2.83. The van der Waals surface area contributed by atoms with Gasteiger partial charge in [0.2, 0.25) is 5.82 Å². The van der Waals surface area contributed by atoms with Crippen LogP contribution in [0.25, 0.3) is 0 Å². The number of pyridine rings is 1. The third-order valence-corrected chi connectivity index (χ3v) is 2.83. The van der Waals surface area contributed by atoms with Crippen LogP contribution in [0.15, 0.2) is 12.3 Å². The first kappa shape index (κ1) is 11.8. The molecule has 1 saturated heterocycles. The van der Waals surface area contributed by atoms with Crippen molar-refractivity contribution in [3.05, 3.63) is 27.9 Å². The number of nitro groups is 1. The van der Waals surface area contributed by atoms with Gasteiger partial charge in [0.25, 0.3) is 0 Å². The molecule has 0 spiro atoms. The fourth-order valence-electron chi connectivity index (χ4n) is 1.93. The highest BCUT2D eigenvalue weighted by molar-refractivity contribution is 5.59. The average molecular weight is 237 g/mol. The fraction of sp³-hybridized carbons (Fsp3) is 0.545. The van der Waals surface area contributed by atoms with Crippen molar-refractivity contribution >= 4 is 11.5 Å². The highest BCUT2D eigenvalue weighted by atomic mass is 16.6. The van der Waals surface area contributed by atoms with Crippen LogP contribution in [0.4, 0.5) is 11.5 Å². The summed E-state index contributed by atoms with van der Waals surface area (Å²) in [6.07, 6.45) is 3.75. The number of ether oxygens (including phenoxy) is 1. The summed E-state index contributed by atoms with van der Waals surface area (Å²) in [5, 5.41) is 13.9. The minimum absolute atomic E-state index is 0.0468. The van der Waals surface area contributed by atoms with Gasteiger partial charge in [0.05, 0.1) is 11.0 Å². The standard InChI is InChI=1S/C11H15N3O3/c1-8-4-5-12-11(10(8)14(15)16)13-7-9-3-2-6-17-9/h4-5,9H,2-3,6-7H2,1H3,(H,12,13)/t9-/m1/s1. The van der Waals surface area contributed by atoms with Gasteiger partial charge in [0.1, 0.15) is 0 Å². The number of rotatable bonds is 4. The smallest absolute Gasteiger partial charge is 0.314 e. The molecule has 0 unspecified atom stereocenters. The summed E-state index contributed by atoms with van der Waals surface area (Å²) in [5.74, 6) is 0.325. The Hall–Kier alpha value is -1.69. The van der Waals surface area contributed by atoms with Gasteiger partial charge in [-0.05, 0) is 25.8 Å². The molecule has 1 N–H and O–H groups in total. The quantitative estimate of drug-likeness (QED) is 0.639. The van der Waals surface area contributed by atoms with Gasteiger partial charge in [-0.1, -0.05) is 0 Å². The van der Waals surface area contributed by atoms with Gasteiger partial charge in [-0.25, -0.2) is 4.98 Å². The second-order valence-electron chi connectivity index (χ2n) is 4.10. The highest BCUT2D eigenvalue weighted by Crippen LogP contribution is 2.25. The SMILES string of the molecule is Cc1ccnc(NC[C@H]2CCCO2)c1[N+](=O)[O-]. The van der Waals surface area contributed by atoms with E-state index in [1.807, 2.05) is 0 Å². The van der Waals surface area contributed by atoms with E-state index < -0.39 is 4.92 Å². The molecule has 1 fully saturated rings. The molecule has 92 valence electrons. The number of hydrogen-bond acceptors (Lipinski definition) is 5. The Morgan fingerprint density at radius 2 is 2.53 bits per heavy atom. The molecule has 1 aliphatic rings. The molecule has 2 heterocycles. The van der Waals surface area contributed by atoms with E-state index in [0.29, 0.717) is 17.9 Å². The fourth-order valence-corrected chi connectivity index (χ4v) is 1.93. The van der Waals surface area contributed by atoms with E-state index in [9.17, 15) is 10.1 Å². The number of aryl methyl sites for hydroxylation is 1. The summed E-state index contributed by atoms with van der Waals surface area (Å²) in [6.45, 7) is 3.05. The first-order chi connectivity index (χ1) is 8.18. The monoisotopic (exact) mass is 237 g/mol. The molecule has 17 heavy (non-hydrogen) atoms. The Labute approximate surface area is 99.2 Å². The van der Waals surface area contributed by atoms with E-state index in [1.54, 1.807) is 19.2 Å². The maximum Gasteiger partial charge on any atom is 0.314 e. The lowest BCUT2D eigenvalue weighted by atomic mass is 10.2. The van der Waals surface area contributed by atoms with E-state index in [4.69, 9.17) is 4.74 Å². The van der Waals surface area contributed by atoms with Gasteiger partial charge in [-0.15, -0.1) is 0 Å². The van der Waals surface area contributed by atoms with Crippen LogP contribution in [0.5, 0.6) is 0 Å². The van der Waals surface area contributed by atoms with Gasteiger partial charge in [0.15, 0.2) is 0 Å². The van der Waals surface area contributed by atoms with Crippen LogP contribution in [0.1, 0.15) is 18.4 Å². The van der Waals surface area contributed by atoms with Crippen LogP contribution >= 0.6 is 0 Å². The molecule has 1 aliphatic heterocycles. The molecule has 2 rings (SSSR count). The molecule has 0 aliphatic carbocycles. The zero-order chi connectivity index (χ0) is 12.3. The Balaban J connectivity index is 2.09. The van der Waals surface area contributed by atoms with Crippen molar-refractivity contribution in [3.8, 4) is 0 Å². The van der Waals surface area contributed by atoms with E-state index in [-0.39, 0.29) is 11.8 Å². The highest BCUT2D eigenvalue weighted by Gasteiger charge is 2.20. The first-order valence-corrected chi connectivity index (χ1v) is 5.64. The van der Waals surface area contributed by atoms with Crippen molar-refractivity contribution in [1.82, 2.24) is 4.98 Å². The average Bonchev–Trinajstić information content (AvgIpc) is 2.78. The predicted molar refractivity (Wildman–Crippen MR) is 63.1 cm³/mol. The summed E-state index contributed by atoms with van der Waals surface area (Å²) in [7, 11) is 0. The molecule has 6 heteroatoms. The third kappa shape index (κ3) is 2.71. The number of aromatic nitrogens is 1. The number of hydrogen-bond donors (Lipinski definition) is 1. The van der Waals surface area contributed by atoms with Crippen LogP contribution in [-0.4, -0.2) is 29.2 Å². The molecular formula is C11H15N3O3. The molecular weight excluding hydrogens is 222 g/mol. The Morgan fingerprint density at radius 3 is 3.18 bits per heavy atom. The summed E-state index contributed by atoms with van der Waals surface area (Å²) < 4.78 is 5.45. The number of nitrogens with one attached hydrogen (secondary N) is 1. The van der Waals surface area contributed by atoms with E-state index in [1.165, 1.54) is 0 Å². The number of nitrogens with zero attached hydrogens (tertiary/aromatic N) is 2. The van der Waals surface area contributed by atoms with Gasteiger partial charge in [-0.2, -0.15) is 0 Å². The zero-order valence-electron chi connectivity index (χ0n) is 9.68. The molecule has 1 aromatic rings. The molecule has 0 saturated carbocycles. The van der Waals surface area contributed by atoms with Crippen molar-refractivity contribution in [3.63, 3.8) is 0 Å². The molecule has 0 aromatic carbocycles. The minimum Gasteiger partial charge on any atom is -0.376 e. The lowest BCUT2D eigenvalue weighted by Crippen LogP contribution is -2.19. The lowest BCUT2D eigenvalue weighted by Gasteiger charge is -2.11. The lowest BCUT2D eigenvalue weighted by molar-refractivity contribution is -0.384. The summed E-state index contributed by atoms with van der Waals surface area (Å²) in [6, 6.07) is 1.63. The van der Waals surface area contributed by atoms with Crippen molar-refractivity contribution < 1.29 is 9.66 Å². The van der Waals surface area contributed by atoms with Crippen LogP contribution in [-0.2, 0) is 4.74 Å². The zero-order valence-corrected chi connectivity index (χ0v) is 9.68. The second-order valence-corrected chi connectivity index (χ2v) is 4.10. The molecule has 1 aromatic heterocycles. The normalized spacial score (nSPS) is 19.2. The first-order valence-electron chi connectivity index (χ1n) is 5.64. The van der Waals surface area contributed by atoms with Crippen molar-refractivity contribution in [2.75, 3.05) is 18.5 Å². The van der Waals surface area contributed by atoms with Gasteiger partial charge >= 0.3 is 5.69 Å². The number of anilines is 1. The van der Waals surface area contributed by atoms with Gasteiger partial charge in [-0.3, -0.25) is 10.1 Å². The van der Waals surface area contributed by atoms with Gasteiger partial charge in [0, 0.05) is 24.9 Å². The maximum absolute atomic E-state index is 10.9. The van der Waals surface area contributed by atoms with Crippen LogP contribution < -0.4 is 5.32 Å². The Kier molecular flexibility index (Phi) is 3.53. The van der Waals surface area contributed by atoms with Crippen LogP contribution in [0.2, 0.25) is 0 Å². The maximum atomic E-state index is 10.9. The van der Waals surface area contributed by atoms with Crippen molar-refractivity contribution in [2.45, 2.75) is 25.9 Å². The summed E-state index contributed by atoms with van der Waals surface area (Å²) in [4.78, 5) is 14.5. The topological polar surface area (TPSA) is 77.3 Å². The van der Waals surface area contributed by atoms with Crippen molar-refractivity contribution in [1.29, 1.82) is 0 Å². The molecule has 0 radical (unpaired) electrons. The second kappa shape index (κ2) is 5.09. The van der Waals surface area contributed by atoms with Crippen LogP contribution in [0.3, 0.4) is 0 Å².